The Balaban J connectivity index is 2.58. The van der Waals surface area contributed by atoms with E-state index in [0.717, 1.165) is 0 Å². The lowest BCUT2D eigenvalue weighted by atomic mass is 10.3. The summed E-state index contributed by atoms with van der Waals surface area (Å²) in [6.45, 7) is 0. The molecule has 1 amide bonds. The van der Waals surface area contributed by atoms with Crippen LogP contribution in [0.25, 0.3) is 11.0 Å². The molecule has 0 aliphatic rings. The number of aromatic amines is 1. The summed E-state index contributed by atoms with van der Waals surface area (Å²) in [5.74, 6) is -0.673. The van der Waals surface area contributed by atoms with Gasteiger partial charge in [-0.2, -0.15) is 0 Å². The van der Waals surface area contributed by atoms with Crippen molar-refractivity contribution in [1.82, 2.24) is 9.97 Å². The second kappa shape index (κ2) is 3.88. The first-order valence-electron chi connectivity index (χ1n) is 4.29. The third-order valence-corrected chi connectivity index (χ3v) is 2.39. The van der Waals surface area contributed by atoms with Crippen LogP contribution in [0.1, 0.15) is 10.6 Å². The smallest absolute Gasteiger partial charge is 0.363 e. The number of nitrogens with zero attached hydrogens (tertiary/aromatic N) is 1. The molecule has 0 spiro atoms. The van der Waals surface area contributed by atoms with Crippen molar-refractivity contribution in [3.8, 4) is 0 Å². The number of aromatic nitrogens is 2. The molecule has 1 aromatic heterocycles. The van der Waals surface area contributed by atoms with E-state index in [1.807, 2.05) is 0 Å². The lowest BCUT2D eigenvalue weighted by Gasteiger charge is -1.93. The van der Waals surface area contributed by atoms with Crippen molar-refractivity contribution in [3.63, 3.8) is 0 Å². The van der Waals surface area contributed by atoms with E-state index in [1.165, 1.54) is 0 Å². The maximum Gasteiger partial charge on any atom is 0.640 e. The highest BCUT2D eigenvalue weighted by atomic mass is 31.1. The van der Waals surface area contributed by atoms with E-state index < -0.39 is 14.1 Å². The van der Waals surface area contributed by atoms with Crippen molar-refractivity contribution < 1.29 is 14.3 Å². The molecule has 0 bridgehead atoms. The SMILES string of the molecule is NC(=O)c1nc2c(N[P+](=O)O)cccc2[nH]1. The quantitative estimate of drug-likeness (QED) is 0.588. The van der Waals surface area contributed by atoms with Crippen LogP contribution in [-0.2, 0) is 4.57 Å². The Kier molecular flexibility index (Phi) is 2.55. The molecule has 0 radical (unpaired) electrons. The Labute approximate surface area is 90.6 Å². The number of nitrogens with two attached hydrogens (primary N) is 1. The topological polar surface area (TPSA) is 121 Å². The monoisotopic (exact) mass is 239 g/mol. The highest BCUT2D eigenvalue weighted by molar-refractivity contribution is 7.39. The molecule has 82 valence electrons. The first-order valence-corrected chi connectivity index (χ1v) is 5.50. The zero-order chi connectivity index (χ0) is 11.7. The lowest BCUT2D eigenvalue weighted by molar-refractivity contribution is 0.0991. The van der Waals surface area contributed by atoms with Crippen molar-refractivity contribution >= 4 is 30.8 Å². The zero-order valence-corrected chi connectivity index (χ0v) is 8.86. The van der Waals surface area contributed by atoms with Gasteiger partial charge in [0, 0.05) is 0 Å². The van der Waals surface area contributed by atoms with Gasteiger partial charge in [-0.3, -0.25) is 4.79 Å². The Morgan fingerprint density at radius 3 is 2.94 bits per heavy atom. The summed E-state index contributed by atoms with van der Waals surface area (Å²) in [6, 6.07) is 4.92. The highest BCUT2D eigenvalue weighted by Crippen LogP contribution is 2.26. The number of carbonyl (C=O) groups excluding carboxylic acids is 1. The number of hydrogen-bond acceptors (Lipinski definition) is 3. The van der Waals surface area contributed by atoms with Crippen molar-refractivity contribution in [2.45, 2.75) is 0 Å². The molecule has 0 fully saturated rings. The summed E-state index contributed by atoms with van der Waals surface area (Å²) < 4.78 is 10.7. The number of para-hydroxylation sites is 1. The number of primary amides is 1. The molecular weight excluding hydrogens is 231 g/mol. The van der Waals surface area contributed by atoms with Crippen LogP contribution < -0.4 is 10.8 Å². The highest BCUT2D eigenvalue weighted by Gasteiger charge is 2.16. The first kappa shape index (κ1) is 10.5. The Morgan fingerprint density at radius 2 is 2.31 bits per heavy atom. The molecule has 16 heavy (non-hydrogen) atoms. The van der Waals surface area contributed by atoms with E-state index in [1.54, 1.807) is 18.2 Å². The molecule has 1 heterocycles. The van der Waals surface area contributed by atoms with Crippen LogP contribution in [0.15, 0.2) is 18.2 Å². The van der Waals surface area contributed by atoms with E-state index >= 15 is 0 Å². The fourth-order valence-electron chi connectivity index (χ4n) is 1.34. The Bertz CT molecular complexity index is 580. The molecule has 2 rings (SSSR count). The average Bonchev–Trinajstić information content (AvgIpc) is 2.61. The summed E-state index contributed by atoms with van der Waals surface area (Å²) in [4.78, 5) is 26.3. The number of benzene rings is 1. The number of rotatable bonds is 3. The van der Waals surface area contributed by atoms with Crippen molar-refractivity contribution in [2.24, 2.45) is 5.73 Å². The van der Waals surface area contributed by atoms with Gasteiger partial charge in [0.25, 0.3) is 5.91 Å². The summed E-state index contributed by atoms with van der Waals surface area (Å²) in [6.07, 6.45) is 0. The fraction of sp³-hybridized carbons (Fsp3) is 0. The molecule has 8 heteroatoms. The maximum atomic E-state index is 10.9. The molecule has 0 aliphatic heterocycles. The van der Waals surface area contributed by atoms with Crippen molar-refractivity contribution in [1.29, 1.82) is 0 Å². The molecule has 0 saturated heterocycles. The van der Waals surface area contributed by atoms with Crippen LogP contribution in [0.5, 0.6) is 0 Å². The molecular formula is C8H8N4O3P+. The van der Waals surface area contributed by atoms with Crippen LogP contribution in [0.3, 0.4) is 0 Å². The second-order valence-corrected chi connectivity index (χ2v) is 3.81. The van der Waals surface area contributed by atoms with Gasteiger partial charge in [0.05, 0.1) is 5.52 Å². The minimum atomic E-state index is -2.53. The standard InChI is InChI=1S/C8H7N4O3P/c9-7(13)8-10-4-2-1-3-5(6(4)11-8)12-16(14)15/h1-3H,(H4-,9,10,11,12,13,14,15)/p+1. The Hall–Kier alpha value is -1.98. The average molecular weight is 239 g/mol. The molecule has 1 aromatic carbocycles. The van der Waals surface area contributed by atoms with Gasteiger partial charge in [0.2, 0.25) is 0 Å². The molecule has 1 atom stereocenters. The molecule has 7 nitrogen and oxygen atoms in total. The number of amides is 1. The van der Waals surface area contributed by atoms with Crippen LogP contribution in [0, 0.1) is 0 Å². The number of imidazole rings is 1. The molecule has 0 aliphatic carbocycles. The van der Waals surface area contributed by atoms with Crippen molar-refractivity contribution in [2.75, 3.05) is 5.09 Å². The molecule has 5 N–H and O–H groups in total. The predicted molar refractivity (Wildman–Crippen MR) is 58.1 cm³/mol. The third-order valence-electron chi connectivity index (χ3n) is 1.96. The van der Waals surface area contributed by atoms with Gasteiger partial charge in [-0.15, -0.1) is 9.98 Å². The molecule has 2 aromatic rings. The van der Waals surface area contributed by atoms with Gasteiger partial charge in [-0.25, -0.2) is 4.98 Å². The fourth-order valence-corrected chi connectivity index (χ4v) is 1.73. The number of nitrogens with one attached hydrogen (secondary N) is 2. The second-order valence-electron chi connectivity index (χ2n) is 3.04. The van der Waals surface area contributed by atoms with Crippen LogP contribution in [0.2, 0.25) is 0 Å². The minimum Gasteiger partial charge on any atom is -0.363 e. The number of carbonyl (C=O) groups is 1. The first-order chi connectivity index (χ1) is 7.58. The molecule has 0 saturated carbocycles. The van der Waals surface area contributed by atoms with E-state index in [0.29, 0.717) is 16.7 Å². The number of fused-ring (bicyclic) bond motifs is 1. The third kappa shape index (κ3) is 1.86. The maximum absolute atomic E-state index is 10.9. The molecule has 1 unspecified atom stereocenters. The van der Waals surface area contributed by atoms with Gasteiger partial charge in [-0.05, 0) is 16.7 Å². The van der Waals surface area contributed by atoms with Gasteiger partial charge >= 0.3 is 8.18 Å². The summed E-state index contributed by atoms with van der Waals surface area (Å²) in [5, 5.41) is 2.33. The predicted octanol–water partition coefficient (Wildman–Crippen LogP) is 0.723. The van der Waals surface area contributed by atoms with E-state index in [-0.39, 0.29) is 5.82 Å². The van der Waals surface area contributed by atoms with Gasteiger partial charge in [0.15, 0.2) is 5.82 Å². The number of hydrogen-bond donors (Lipinski definition) is 4. The Morgan fingerprint density at radius 1 is 1.56 bits per heavy atom. The number of anilines is 1. The number of H-pyrrole nitrogens is 1. The largest absolute Gasteiger partial charge is 0.640 e. The normalized spacial score (nSPS) is 11.4. The summed E-state index contributed by atoms with van der Waals surface area (Å²) in [7, 11) is -2.53. The van der Waals surface area contributed by atoms with E-state index in [9.17, 15) is 9.36 Å². The lowest BCUT2D eigenvalue weighted by Crippen LogP contribution is -2.12. The van der Waals surface area contributed by atoms with Crippen LogP contribution >= 0.6 is 8.18 Å². The van der Waals surface area contributed by atoms with Crippen LogP contribution in [-0.4, -0.2) is 20.8 Å². The van der Waals surface area contributed by atoms with Crippen LogP contribution in [0.4, 0.5) is 5.69 Å². The van der Waals surface area contributed by atoms with Gasteiger partial charge in [0.1, 0.15) is 11.2 Å². The van der Waals surface area contributed by atoms with Gasteiger partial charge in [-0.1, -0.05) is 6.07 Å². The summed E-state index contributed by atoms with van der Waals surface area (Å²) >= 11 is 0. The van der Waals surface area contributed by atoms with Crippen molar-refractivity contribution in [3.05, 3.63) is 24.0 Å². The van der Waals surface area contributed by atoms with E-state index in [2.05, 4.69) is 15.1 Å². The van der Waals surface area contributed by atoms with E-state index in [4.69, 9.17) is 10.6 Å². The van der Waals surface area contributed by atoms with Gasteiger partial charge < -0.3 is 10.7 Å². The zero-order valence-electron chi connectivity index (χ0n) is 7.97. The minimum absolute atomic E-state index is 0.0115. The summed E-state index contributed by atoms with van der Waals surface area (Å²) in [5.41, 5.74) is 6.40.